The molecule has 262 valence electrons. The molecule has 0 atom stereocenters. The van der Waals surface area contributed by atoms with E-state index in [1.807, 2.05) is 42.5 Å². The van der Waals surface area contributed by atoms with Crippen LogP contribution in [0.15, 0.2) is 199 Å². The molecule has 11 rings (SSSR count). The lowest BCUT2D eigenvalue weighted by molar-refractivity contribution is 0.669. The van der Waals surface area contributed by atoms with Crippen LogP contribution in [0.4, 0.5) is 0 Å². The van der Waals surface area contributed by atoms with E-state index in [1.165, 1.54) is 5.56 Å². The monoisotopic (exact) mass is 716 g/mol. The number of rotatable bonds is 6. The molecule has 8 aromatic carbocycles. The van der Waals surface area contributed by atoms with Gasteiger partial charge in [0.05, 0.1) is 11.0 Å². The van der Waals surface area contributed by atoms with Crippen molar-refractivity contribution in [3.8, 4) is 62.1 Å². The van der Waals surface area contributed by atoms with Crippen molar-refractivity contribution in [3.63, 3.8) is 0 Å². The molecule has 0 fully saturated rings. The Labute approximate surface area is 322 Å². The summed E-state index contributed by atoms with van der Waals surface area (Å²) >= 11 is 0. The van der Waals surface area contributed by atoms with Gasteiger partial charge >= 0.3 is 0 Å². The van der Waals surface area contributed by atoms with Crippen LogP contribution in [0.3, 0.4) is 0 Å². The number of furan rings is 1. The van der Waals surface area contributed by atoms with Gasteiger partial charge in [0, 0.05) is 43.9 Å². The standard InChI is InChI=1S/C51H32N4O/c1-4-13-33(14-5-1)35-23-25-37(26-24-35)50-52-49(36-17-8-3-9-18-36)53-51(54-50)43-21-12-20-42-40-19-10-11-22-45(40)55(48(42)43)39-28-30-46-44(32-39)41-29-27-38(31-47(41)56-46)34-15-6-2-7-16-34/h1-32H. The van der Waals surface area contributed by atoms with Gasteiger partial charge in [0.2, 0.25) is 0 Å². The smallest absolute Gasteiger partial charge is 0.166 e. The molecular formula is C51H32N4O. The molecule has 0 radical (unpaired) electrons. The number of para-hydroxylation sites is 2. The van der Waals surface area contributed by atoms with Gasteiger partial charge in [-0.3, -0.25) is 0 Å². The zero-order chi connectivity index (χ0) is 37.0. The summed E-state index contributed by atoms with van der Waals surface area (Å²) in [5.74, 6) is 1.85. The highest BCUT2D eigenvalue weighted by molar-refractivity contribution is 6.14. The molecule has 0 aliphatic rings. The molecule has 3 heterocycles. The van der Waals surface area contributed by atoms with Crippen molar-refractivity contribution in [3.05, 3.63) is 194 Å². The van der Waals surface area contributed by atoms with Crippen molar-refractivity contribution in [2.24, 2.45) is 0 Å². The maximum absolute atomic E-state index is 6.46. The molecule has 0 saturated carbocycles. The van der Waals surface area contributed by atoms with Crippen LogP contribution in [0, 0.1) is 0 Å². The molecule has 0 unspecified atom stereocenters. The third-order valence-corrected chi connectivity index (χ3v) is 10.7. The summed E-state index contributed by atoms with van der Waals surface area (Å²) in [6.07, 6.45) is 0. The number of fused-ring (bicyclic) bond motifs is 6. The zero-order valence-electron chi connectivity index (χ0n) is 30.2. The number of benzene rings is 8. The molecule has 3 aromatic heterocycles. The van der Waals surface area contributed by atoms with Gasteiger partial charge in [-0.25, -0.2) is 15.0 Å². The Hall–Kier alpha value is -7.63. The minimum absolute atomic E-state index is 0.610. The van der Waals surface area contributed by atoms with Crippen LogP contribution < -0.4 is 0 Å². The van der Waals surface area contributed by atoms with Crippen LogP contribution in [-0.4, -0.2) is 19.5 Å². The molecule has 0 aliphatic heterocycles. The second-order valence-electron chi connectivity index (χ2n) is 14.0. The lowest BCUT2D eigenvalue weighted by Crippen LogP contribution is -2.02. The van der Waals surface area contributed by atoms with Gasteiger partial charge in [0.15, 0.2) is 17.5 Å². The Morgan fingerprint density at radius 2 is 0.893 bits per heavy atom. The topological polar surface area (TPSA) is 56.7 Å². The third-order valence-electron chi connectivity index (χ3n) is 10.7. The molecular weight excluding hydrogens is 685 g/mol. The van der Waals surface area contributed by atoms with Gasteiger partial charge in [0.25, 0.3) is 0 Å². The summed E-state index contributed by atoms with van der Waals surface area (Å²) in [4.78, 5) is 15.5. The van der Waals surface area contributed by atoms with E-state index in [0.717, 1.165) is 82.8 Å². The lowest BCUT2D eigenvalue weighted by Gasteiger charge is -2.13. The van der Waals surface area contributed by atoms with E-state index in [0.29, 0.717) is 17.5 Å². The van der Waals surface area contributed by atoms with Crippen molar-refractivity contribution in [2.75, 3.05) is 0 Å². The first-order valence-corrected chi connectivity index (χ1v) is 18.8. The highest BCUT2D eigenvalue weighted by Crippen LogP contribution is 2.40. The summed E-state index contributed by atoms with van der Waals surface area (Å²) in [7, 11) is 0. The molecule has 5 heteroatoms. The summed E-state index contributed by atoms with van der Waals surface area (Å²) in [5.41, 5.74) is 12.2. The highest BCUT2D eigenvalue weighted by atomic mass is 16.3. The Morgan fingerprint density at radius 3 is 1.62 bits per heavy atom. The maximum Gasteiger partial charge on any atom is 0.166 e. The van der Waals surface area contributed by atoms with Gasteiger partial charge < -0.3 is 8.98 Å². The predicted octanol–water partition coefficient (Wildman–Crippen LogP) is 13.2. The minimum Gasteiger partial charge on any atom is -0.456 e. The van der Waals surface area contributed by atoms with Gasteiger partial charge in [-0.05, 0) is 64.7 Å². The SMILES string of the molecule is c1ccc(-c2ccc(-c3nc(-c4ccccc4)nc(-c4cccc5c6ccccc6n(-c6ccc7oc8cc(-c9ccccc9)ccc8c7c6)c45)n3)cc2)cc1. The zero-order valence-corrected chi connectivity index (χ0v) is 30.2. The number of aromatic nitrogens is 4. The summed E-state index contributed by atoms with van der Waals surface area (Å²) in [5, 5.41) is 4.42. The van der Waals surface area contributed by atoms with Crippen LogP contribution in [0.25, 0.3) is 106 Å². The Bertz CT molecular complexity index is 3220. The van der Waals surface area contributed by atoms with Gasteiger partial charge in [-0.15, -0.1) is 0 Å². The van der Waals surface area contributed by atoms with E-state index in [9.17, 15) is 0 Å². The second-order valence-corrected chi connectivity index (χ2v) is 14.0. The molecule has 5 nitrogen and oxygen atoms in total. The van der Waals surface area contributed by atoms with Crippen LogP contribution in [0.5, 0.6) is 0 Å². The maximum atomic E-state index is 6.46. The van der Waals surface area contributed by atoms with Crippen LogP contribution in [0.1, 0.15) is 0 Å². The third kappa shape index (κ3) is 5.37. The minimum atomic E-state index is 0.610. The van der Waals surface area contributed by atoms with Crippen LogP contribution >= 0.6 is 0 Å². The second kappa shape index (κ2) is 13.0. The Kier molecular flexibility index (Phi) is 7.42. The van der Waals surface area contributed by atoms with Gasteiger partial charge in [-0.2, -0.15) is 0 Å². The average Bonchev–Trinajstić information content (AvgIpc) is 3.82. The molecule has 0 N–H and O–H groups in total. The number of hydrogen-bond acceptors (Lipinski definition) is 4. The largest absolute Gasteiger partial charge is 0.456 e. The van der Waals surface area contributed by atoms with Crippen molar-refractivity contribution >= 4 is 43.7 Å². The lowest BCUT2D eigenvalue weighted by atomic mass is 10.0. The molecule has 0 aliphatic carbocycles. The fraction of sp³-hybridized carbons (Fsp3) is 0. The molecule has 0 amide bonds. The first-order valence-electron chi connectivity index (χ1n) is 18.8. The van der Waals surface area contributed by atoms with Crippen molar-refractivity contribution < 1.29 is 4.42 Å². The van der Waals surface area contributed by atoms with Crippen molar-refractivity contribution in [2.45, 2.75) is 0 Å². The summed E-state index contributed by atoms with van der Waals surface area (Å²) < 4.78 is 8.81. The fourth-order valence-electron chi connectivity index (χ4n) is 7.97. The first kappa shape index (κ1) is 31.9. The number of nitrogens with zero attached hydrogens (tertiary/aromatic N) is 4. The van der Waals surface area contributed by atoms with Crippen LogP contribution in [-0.2, 0) is 0 Å². The summed E-state index contributed by atoms with van der Waals surface area (Å²) in [6.45, 7) is 0. The van der Waals surface area contributed by atoms with E-state index < -0.39 is 0 Å². The van der Waals surface area contributed by atoms with E-state index in [2.05, 4.69) is 156 Å². The Balaban J connectivity index is 1.11. The average molecular weight is 717 g/mol. The molecule has 0 saturated heterocycles. The fourth-order valence-corrected chi connectivity index (χ4v) is 7.97. The molecule has 0 bridgehead atoms. The van der Waals surface area contributed by atoms with Gasteiger partial charge in [-0.1, -0.05) is 152 Å². The van der Waals surface area contributed by atoms with E-state index >= 15 is 0 Å². The molecule has 11 aromatic rings. The first-order chi connectivity index (χ1) is 27.7. The summed E-state index contributed by atoms with van der Waals surface area (Å²) in [6, 6.07) is 67.4. The highest BCUT2D eigenvalue weighted by Gasteiger charge is 2.21. The van der Waals surface area contributed by atoms with E-state index in [-0.39, 0.29) is 0 Å². The predicted molar refractivity (Wildman–Crippen MR) is 229 cm³/mol. The van der Waals surface area contributed by atoms with E-state index in [1.54, 1.807) is 0 Å². The van der Waals surface area contributed by atoms with Gasteiger partial charge in [0.1, 0.15) is 11.2 Å². The Morgan fingerprint density at radius 1 is 0.339 bits per heavy atom. The number of hydrogen-bond donors (Lipinski definition) is 0. The van der Waals surface area contributed by atoms with E-state index in [4.69, 9.17) is 19.4 Å². The van der Waals surface area contributed by atoms with Crippen molar-refractivity contribution in [1.29, 1.82) is 0 Å². The molecule has 0 spiro atoms. The van der Waals surface area contributed by atoms with Crippen LogP contribution in [0.2, 0.25) is 0 Å². The molecule has 56 heavy (non-hydrogen) atoms. The quantitative estimate of drug-likeness (QED) is 0.172. The van der Waals surface area contributed by atoms with Crippen molar-refractivity contribution in [1.82, 2.24) is 19.5 Å². The normalized spacial score (nSPS) is 11.6.